The van der Waals surface area contributed by atoms with Crippen molar-refractivity contribution in [3.8, 4) is 5.75 Å². The molecule has 3 nitrogen and oxygen atoms in total. The molecule has 0 unspecified atom stereocenters. The molecule has 6 aromatic carbocycles. The first-order valence-corrected chi connectivity index (χ1v) is 20.0. The highest BCUT2D eigenvalue weighted by Crippen LogP contribution is 2.41. The molecule has 74 heavy (non-hydrogen) atoms. The summed E-state index contributed by atoms with van der Waals surface area (Å²) in [5.41, 5.74) is -30.2. The van der Waals surface area contributed by atoms with E-state index in [4.69, 9.17) is 4.84 Å². The van der Waals surface area contributed by atoms with Crippen LogP contribution in [0.4, 0.5) is 105 Å². The Labute approximate surface area is 398 Å². The Morgan fingerprint density at radius 1 is 0.311 bits per heavy atom. The smallest absolute Gasteiger partial charge is 0.252 e. The van der Waals surface area contributed by atoms with Crippen LogP contribution in [0.3, 0.4) is 0 Å². The van der Waals surface area contributed by atoms with Gasteiger partial charge in [-0.25, -0.2) is 4.84 Å². The minimum absolute atomic E-state index is 0.691. The van der Waals surface area contributed by atoms with E-state index in [0.717, 1.165) is 5.75 Å². The van der Waals surface area contributed by atoms with Gasteiger partial charge in [-0.2, -0.15) is 127 Å². The van der Waals surface area contributed by atoms with Crippen molar-refractivity contribution in [1.29, 1.82) is 0 Å². The van der Waals surface area contributed by atoms with E-state index in [1.807, 2.05) is 30.3 Å². The summed E-state index contributed by atoms with van der Waals surface area (Å²) in [5.74, 6) is 0.805. The first-order valence-electron chi connectivity index (χ1n) is 20.0. The molecule has 7 rings (SSSR count). The molecule has 1 heterocycles. The first-order chi connectivity index (χ1) is 33.7. The van der Waals surface area contributed by atoms with Crippen molar-refractivity contribution in [3.63, 3.8) is 0 Å². The SMILES string of the molecule is FC(F)(F)c1cc([B-](c2cc(C(F)(F)F)cc(C(F)(F)F)c2)(c2cc(C(F)(F)F)cc(C(F)(F)F)c2)c2cc(C(F)(F)F)cc(C(F)(F)F)c2)cc(C(F)(F)F)c1.c1ccc2cc(O[n+]3ccncc3)ccc2c1. The topological polar surface area (TPSA) is 26.0 Å². The van der Waals surface area contributed by atoms with Crippen molar-refractivity contribution in [1.82, 2.24) is 4.98 Å². The summed E-state index contributed by atoms with van der Waals surface area (Å²) in [6.45, 7) is 0. The molecule has 0 N–H and O–H groups in total. The third-order valence-corrected chi connectivity index (χ3v) is 11.0. The maximum absolute atomic E-state index is 14.2. The minimum Gasteiger partial charge on any atom is -0.252 e. The molecule has 0 amide bonds. The molecule has 0 aliphatic carbocycles. The molecule has 0 spiro atoms. The van der Waals surface area contributed by atoms with Gasteiger partial charge in [-0.05, 0) is 47.2 Å². The zero-order valence-corrected chi connectivity index (χ0v) is 35.7. The van der Waals surface area contributed by atoms with Crippen LogP contribution in [0.2, 0.25) is 0 Å². The Hall–Kier alpha value is -7.16. The zero-order valence-electron chi connectivity index (χ0n) is 35.7. The van der Waals surface area contributed by atoms with Gasteiger partial charge in [-0.3, -0.25) is 4.98 Å². The van der Waals surface area contributed by atoms with Gasteiger partial charge < -0.3 is 0 Å². The normalized spacial score (nSPS) is 13.4. The van der Waals surface area contributed by atoms with Crippen LogP contribution in [0.5, 0.6) is 5.75 Å². The number of nitrogens with zero attached hydrogens (tertiary/aromatic N) is 2. The van der Waals surface area contributed by atoms with E-state index in [2.05, 4.69) is 17.1 Å². The molecule has 0 saturated heterocycles. The predicted octanol–water partition coefficient (Wildman–Crippen LogP) is 13.6. The molecule has 0 fully saturated rings. The molecule has 0 radical (unpaired) electrons. The van der Waals surface area contributed by atoms with Crippen molar-refractivity contribution in [2.75, 3.05) is 0 Å². The van der Waals surface area contributed by atoms with Crippen LogP contribution in [0.25, 0.3) is 10.8 Å². The summed E-state index contributed by atoms with van der Waals surface area (Å²) in [6, 6.07) is 5.41. The van der Waals surface area contributed by atoms with Crippen LogP contribution in [0.1, 0.15) is 44.5 Å². The second-order valence-electron chi connectivity index (χ2n) is 15.9. The standard InChI is InChI=1S/C32H12BF24.C14H11N2O/c34-25(35,36)13-1-14(26(37,38)39)6-21(5-13)33(22-7-15(27(40,41)42)2-16(8-22)28(43,44)45,23-9-17(29(46,47)48)3-18(10-23)30(49,50)51)24-11-19(31(52,53)54)4-20(12-24)32(55,56)57;1-2-4-13-11-14(6-5-12(13)3-1)17-16-9-7-15-8-10-16/h1-12H;1-11H/q-1;+1. The van der Waals surface area contributed by atoms with E-state index < -0.39 is 195 Å². The lowest BCUT2D eigenvalue weighted by molar-refractivity contribution is -0.875. The number of fused-ring (bicyclic) bond motifs is 1. The Morgan fingerprint density at radius 3 is 0.824 bits per heavy atom. The van der Waals surface area contributed by atoms with Gasteiger partial charge >= 0.3 is 49.4 Å². The summed E-state index contributed by atoms with van der Waals surface area (Å²) < 4.78 is 342. The van der Waals surface area contributed by atoms with E-state index in [0.29, 0.717) is 0 Å². The molecular formula is C46H23BF24N2O. The number of hydrogen-bond acceptors (Lipinski definition) is 2. The highest BCUT2D eigenvalue weighted by molar-refractivity contribution is 7.20. The number of halogens is 24. The highest BCUT2D eigenvalue weighted by Gasteiger charge is 2.47. The van der Waals surface area contributed by atoms with Crippen LogP contribution in [0.15, 0.2) is 140 Å². The summed E-state index contributed by atoms with van der Waals surface area (Å²) >= 11 is 0. The number of alkyl halides is 24. The van der Waals surface area contributed by atoms with Gasteiger partial charge in [0.05, 0.1) is 56.9 Å². The van der Waals surface area contributed by atoms with E-state index in [1.165, 1.54) is 10.8 Å². The number of rotatable bonds is 6. The summed E-state index contributed by atoms with van der Waals surface area (Å²) in [4.78, 5) is 9.60. The molecule has 394 valence electrons. The Balaban J connectivity index is 0.000000436. The predicted molar refractivity (Wildman–Crippen MR) is 214 cm³/mol. The zero-order chi connectivity index (χ0) is 55.4. The molecule has 7 aromatic rings. The van der Waals surface area contributed by atoms with Gasteiger partial charge in [0.1, 0.15) is 6.15 Å². The fourth-order valence-electron chi connectivity index (χ4n) is 7.79. The van der Waals surface area contributed by atoms with Gasteiger partial charge in [-0.1, -0.05) is 78.9 Å². The van der Waals surface area contributed by atoms with Crippen molar-refractivity contribution in [2.45, 2.75) is 49.4 Å². The van der Waals surface area contributed by atoms with Gasteiger partial charge in [0.25, 0.3) is 0 Å². The van der Waals surface area contributed by atoms with Crippen LogP contribution in [-0.4, -0.2) is 11.1 Å². The third-order valence-electron chi connectivity index (χ3n) is 11.0. The van der Waals surface area contributed by atoms with E-state index in [9.17, 15) is 105 Å². The molecule has 0 aliphatic rings. The van der Waals surface area contributed by atoms with Gasteiger partial charge in [-0.15, -0.1) is 0 Å². The van der Waals surface area contributed by atoms with E-state index in [-0.39, 0.29) is 0 Å². The third kappa shape index (κ3) is 12.6. The summed E-state index contributed by atoms with van der Waals surface area (Å²) in [5, 5.41) is 2.37. The number of benzene rings is 6. The fourth-order valence-corrected chi connectivity index (χ4v) is 7.79. The second kappa shape index (κ2) is 19.3. The highest BCUT2D eigenvalue weighted by atomic mass is 19.4. The maximum atomic E-state index is 14.2. The van der Waals surface area contributed by atoms with E-state index >= 15 is 0 Å². The quantitative estimate of drug-likeness (QED) is 0.0942. The van der Waals surface area contributed by atoms with Crippen LogP contribution in [0, 0.1) is 0 Å². The monoisotopic (exact) mass is 1090 g/mol. The Kier molecular flexibility index (Phi) is 14.6. The van der Waals surface area contributed by atoms with Crippen LogP contribution in [-0.2, 0) is 49.4 Å². The van der Waals surface area contributed by atoms with Crippen molar-refractivity contribution in [2.24, 2.45) is 0 Å². The minimum atomic E-state index is -6.13. The largest absolute Gasteiger partial charge is 0.416 e. The van der Waals surface area contributed by atoms with Gasteiger partial charge in [0.15, 0.2) is 0 Å². The molecule has 28 heteroatoms. The van der Waals surface area contributed by atoms with Crippen LogP contribution >= 0.6 is 0 Å². The lowest BCUT2D eigenvalue weighted by atomic mass is 9.12. The van der Waals surface area contributed by atoms with Crippen molar-refractivity contribution < 1.29 is 115 Å². The van der Waals surface area contributed by atoms with Gasteiger partial charge in [0.2, 0.25) is 18.1 Å². The van der Waals surface area contributed by atoms with Crippen molar-refractivity contribution >= 4 is 38.8 Å². The Morgan fingerprint density at radius 2 is 0.568 bits per heavy atom. The number of hydrogen-bond donors (Lipinski definition) is 0. The Bertz CT molecular complexity index is 2710. The summed E-state index contributed by atoms with van der Waals surface area (Å²) in [6.07, 6.45) is -47.9. The molecular weight excluding hydrogens is 1060 g/mol. The maximum Gasteiger partial charge on any atom is 0.416 e. The van der Waals surface area contributed by atoms with Gasteiger partial charge in [0, 0.05) is 4.73 Å². The first kappa shape index (κ1) is 56.1. The molecule has 1 aromatic heterocycles. The molecule has 0 bridgehead atoms. The van der Waals surface area contributed by atoms with E-state index in [1.54, 1.807) is 29.5 Å². The average Bonchev–Trinajstić information content (AvgIpc) is 3.27. The number of aromatic nitrogens is 2. The molecule has 0 saturated carbocycles. The average molecular weight is 1090 g/mol. The second-order valence-corrected chi connectivity index (χ2v) is 15.9. The lowest BCUT2D eigenvalue weighted by Crippen LogP contribution is -2.75. The fraction of sp³-hybridized carbons (Fsp3) is 0.174. The summed E-state index contributed by atoms with van der Waals surface area (Å²) in [7, 11) is 0. The molecule has 0 aliphatic heterocycles. The lowest BCUT2D eigenvalue weighted by Gasteiger charge is -2.46. The molecule has 0 atom stereocenters. The van der Waals surface area contributed by atoms with Crippen LogP contribution < -0.4 is 31.4 Å². The van der Waals surface area contributed by atoms with Crippen molar-refractivity contribution in [3.05, 3.63) is 185 Å².